The van der Waals surface area contributed by atoms with Crippen molar-refractivity contribution in [3.8, 4) is 5.69 Å². The van der Waals surface area contributed by atoms with E-state index in [0.717, 1.165) is 10.2 Å². The smallest absolute Gasteiger partial charge is 0.341 e. The van der Waals surface area contributed by atoms with Crippen LogP contribution in [0.2, 0.25) is 0 Å². The lowest BCUT2D eigenvalue weighted by Gasteiger charge is -2.16. The van der Waals surface area contributed by atoms with Gasteiger partial charge in [0.2, 0.25) is 0 Å². The molecule has 0 atom stereocenters. The van der Waals surface area contributed by atoms with Crippen molar-refractivity contribution in [2.24, 2.45) is 0 Å². The second-order valence-electron chi connectivity index (χ2n) is 4.23. The van der Waals surface area contributed by atoms with Crippen LogP contribution in [-0.4, -0.2) is 15.6 Å². The molecule has 0 aliphatic carbocycles. The molecule has 4 nitrogen and oxygen atoms in total. The van der Waals surface area contributed by atoms with Crippen molar-refractivity contribution in [1.29, 1.82) is 0 Å². The molecule has 0 saturated heterocycles. The molecule has 1 aromatic carbocycles. The van der Waals surface area contributed by atoms with Crippen molar-refractivity contribution in [1.82, 2.24) is 4.57 Å². The van der Waals surface area contributed by atoms with Gasteiger partial charge in [-0.05, 0) is 32.0 Å². The normalized spacial score (nSPS) is 10.5. The van der Waals surface area contributed by atoms with Gasteiger partial charge < -0.3 is 9.67 Å². The molecular formula is C14H12BrNO3. The van der Waals surface area contributed by atoms with E-state index in [-0.39, 0.29) is 5.56 Å². The Balaban J connectivity index is 2.81. The van der Waals surface area contributed by atoms with Crippen LogP contribution in [0.15, 0.2) is 39.6 Å². The zero-order valence-corrected chi connectivity index (χ0v) is 12.1. The maximum absolute atomic E-state index is 11.7. The van der Waals surface area contributed by atoms with Gasteiger partial charge in [-0.25, -0.2) is 4.79 Å². The first-order valence-electron chi connectivity index (χ1n) is 5.64. The summed E-state index contributed by atoms with van der Waals surface area (Å²) in [5.74, 6) is -1.20. The molecule has 0 unspecified atom stereocenters. The van der Waals surface area contributed by atoms with Gasteiger partial charge in [-0.1, -0.05) is 22.0 Å². The molecule has 0 amide bonds. The first kappa shape index (κ1) is 13.5. The highest BCUT2D eigenvalue weighted by molar-refractivity contribution is 9.10. The Hall–Kier alpha value is -1.88. The Morgan fingerprint density at radius 3 is 2.53 bits per heavy atom. The van der Waals surface area contributed by atoms with Crippen LogP contribution in [-0.2, 0) is 0 Å². The first-order valence-corrected chi connectivity index (χ1v) is 6.43. The van der Waals surface area contributed by atoms with Crippen molar-refractivity contribution in [2.75, 3.05) is 0 Å². The van der Waals surface area contributed by atoms with Crippen molar-refractivity contribution in [2.45, 2.75) is 13.8 Å². The van der Waals surface area contributed by atoms with E-state index < -0.39 is 11.4 Å². The number of aryl methyl sites for hydroxylation is 1. The van der Waals surface area contributed by atoms with Gasteiger partial charge in [-0.2, -0.15) is 0 Å². The van der Waals surface area contributed by atoms with Crippen LogP contribution in [0.3, 0.4) is 0 Å². The van der Waals surface area contributed by atoms with Crippen LogP contribution in [0.5, 0.6) is 0 Å². The minimum Gasteiger partial charge on any atom is -0.477 e. The molecule has 98 valence electrons. The SMILES string of the molecule is Cc1cc(=O)c(C(=O)O)c(C)n1-c1cccc(Br)c1. The topological polar surface area (TPSA) is 59.3 Å². The first-order chi connectivity index (χ1) is 8.91. The zero-order chi connectivity index (χ0) is 14.2. The second-order valence-corrected chi connectivity index (χ2v) is 5.15. The number of hydrogen-bond acceptors (Lipinski definition) is 2. The van der Waals surface area contributed by atoms with E-state index in [1.807, 2.05) is 24.3 Å². The van der Waals surface area contributed by atoms with Crippen LogP contribution >= 0.6 is 15.9 Å². The average Bonchev–Trinajstić information content (AvgIpc) is 2.27. The molecule has 2 rings (SSSR count). The second kappa shape index (κ2) is 5.01. The monoisotopic (exact) mass is 321 g/mol. The molecule has 19 heavy (non-hydrogen) atoms. The number of hydrogen-bond donors (Lipinski definition) is 1. The highest BCUT2D eigenvalue weighted by Crippen LogP contribution is 2.19. The predicted octanol–water partition coefficient (Wildman–Crippen LogP) is 2.92. The van der Waals surface area contributed by atoms with Crippen LogP contribution in [0.1, 0.15) is 21.7 Å². The summed E-state index contributed by atoms with van der Waals surface area (Å²) in [5.41, 5.74) is 1.28. The fourth-order valence-electron chi connectivity index (χ4n) is 2.15. The summed E-state index contributed by atoms with van der Waals surface area (Å²) >= 11 is 3.38. The van der Waals surface area contributed by atoms with Crippen molar-refractivity contribution < 1.29 is 9.90 Å². The summed E-state index contributed by atoms with van der Waals surface area (Å²) in [6, 6.07) is 8.82. The molecule has 1 aromatic heterocycles. The van der Waals surface area contributed by atoms with E-state index in [1.165, 1.54) is 6.07 Å². The van der Waals surface area contributed by atoms with Gasteiger partial charge in [0, 0.05) is 27.6 Å². The molecule has 1 N–H and O–H groups in total. The molecule has 0 fully saturated rings. The predicted molar refractivity (Wildman–Crippen MR) is 76.2 cm³/mol. The lowest BCUT2D eigenvalue weighted by atomic mass is 10.1. The van der Waals surface area contributed by atoms with Crippen LogP contribution in [0, 0.1) is 13.8 Å². The lowest BCUT2D eigenvalue weighted by molar-refractivity contribution is 0.0694. The molecule has 0 radical (unpaired) electrons. The van der Waals surface area contributed by atoms with Gasteiger partial charge in [0.05, 0.1) is 0 Å². The summed E-state index contributed by atoms with van der Waals surface area (Å²) in [6.45, 7) is 3.42. The summed E-state index contributed by atoms with van der Waals surface area (Å²) in [5, 5.41) is 9.14. The van der Waals surface area contributed by atoms with E-state index in [4.69, 9.17) is 5.11 Å². The molecule has 1 heterocycles. The quantitative estimate of drug-likeness (QED) is 0.925. The minimum absolute atomic E-state index is 0.189. The molecule has 5 heteroatoms. The number of carboxylic acids is 1. The summed E-state index contributed by atoms with van der Waals surface area (Å²) in [6.07, 6.45) is 0. The molecular weight excluding hydrogens is 310 g/mol. The Morgan fingerprint density at radius 2 is 1.95 bits per heavy atom. The number of nitrogens with zero attached hydrogens (tertiary/aromatic N) is 1. The highest BCUT2D eigenvalue weighted by Gasteiger charge is 2.17. The zero-order valence-electron chi connectivity index (χ0n) is 10.5. The summed E-state index contributed by atoms with van der Waals surface area (Å²) < 4.78 is 2.65. The highest BCUT2D eigenvalue weighted by atomic mass is 79.9. The third-order valence-electron chi connectivity index (χ3n) is 2.92. The number of pyridine rings is 1. The van der Waals surface area contributed by atoms with Gasteiger partial charge in [0.1, 0.15) is 5.56 Å². The summed E-state index contributed by atoms with van der Waals surface area (Å²) in [4.78, 5) is 22.9. The Kier molecular flexibility index (Phi) is 3.57. The molecule has 0 aliphatic heterocycles. The number of carboxylic acid groups (broad SMARTS) is 1. The summed E-state index contributed by atoms with van der Waals surface area (Å²) in [7, 11) is 0. The van der Waals surface area contributed by atoms with Gasteiger partial charge in [-0.15, -0.1) is 0 Å². The lowest BCUT2D eigenvalue weighted by Crippen LogP contribution is -2.22. The number of aromatic nitrogens is 1. The maximum atomic E-state index is 11.7. The fourth-order valence-corrected chi connectivity index (χ4v) is 2.54. The molecule has 0 spiro atoms. The molecule has 0 saturated carbocycles. The number of rotatable bonds is 2. The average molecular weight is 322 g/mol. The van der Waals surface area contributed by atoms with Crippen LogP contribution in [0.4, 0.5) is 0 Å². The number of benzene rings is 1. The number of aromatic carboxylic acids is 1. The third-order valence-corrected chi connectivity index (χ3v) is 3.41. The van der Waals surface area contributed by atoms with Gasteiger partial charge in [0.15, 0.2) is 5.43 Å². The standard InChI is InChI=1S/C14H12BrNO3/c1-8-6-12(17)13(14(18)19)9(2)16(8)11-5-3-4-10(15)7-11/h3-7H,1-2H3,(H,18,19). The molecule has 2 aromatic rings. The van der Waals surface area contributed by atoms with Gasteiger partial charge in [-0.3, -0.25) is 4.79 Å². The Labute approximate surface area is 118 Å². The Morgan fingerprint density at radius 1 is 1.26 bits per heavy atom. The van der Waals surface area contributed by atoms with E-state index in [0.29, 0.717) is 11.4 Å². The van der Waals surface area contributed by atoms with Crippen molar-refractivity contribution in [3.05, 3.63) is 62.0 Å². The molecule has 0 aliphatic rings. The van der Waals surface area contributed by atoms with Gasteiger partial charge in [0.25, 0.3) is 0 Å². The maximum Gasteiger partial charge on any atom is 0.341 e. The van der Waals surface area contributed by atoms with E-state index in [1.54, 1.807) is 18.4 Å². The number of carbonyl (C=O) groups is 1. The number of halogens is 1. The van der Waals surface area contributed by atoms with Crippen molar-refractivity contribution in [3.63, 3.8) is 0 Å². The van der Waals surface area contributed by atoms with Crippen LogP contribution < -0.4 is 5.43 Å². The van der Waals surface area contributed by atoms with E-state index >= 15 is 0 Å². The largest absolute Gasteiger partial charge is 0.477 e. The van der Waals surface area contributed by atoms with Gasteiger partial charge >= 0.3 is 5.97 Å². The van der Waals surface area contributed by atoms with Crippen LogP contribution in [0.25, 0.3) is 5.69 Å². The van der Waals surface area contributed by atoms with E-state index in [9.17, 15) is 9.59 Å². The van der Waals surface area contributed by atoms with E-state index in [2.05, 4.69) is 15.9 Å². The third kappa shape index (κ3) is 2.46. The minimum atomic E-state index is -1.20. The fraction of sp³-hybridized carbons (Fsp3) is 0.143. The van der Waals surface area contributed by atoms with Crippen molar-refractivity contribution >= 4 is 21.9 Å². The molecule has 0 bridgehead atoms. The Bertz CT molecular complexity index is 719.